The molecule has 0 radical (unpaired) electrons. The first kappa shape index (κ1) is 15.4. The van der Waals surface area contributed by atoms with Gasteiger partial charge in [-0.2, -0.15) is 0 Å². The van der Waals surface area contributed by atoms with Crippen molar-refractivity contribution in [3.05, 3.63) is 22.8 Å². The first-order valence-electron chi connectivity index (χ1n) is 7.69. The standard InChI is InChI=1S/C16H27N3O/c1-6-20-15(13-7-8-13)16-18-11(3)14(12(4)19-16)10(2)9-17-5/h10,13,15,17H,6-9H2,1-5H3. The van der Waals surface area contributed by atoms with E-state index in [0.29, 0.717) is 11.8 Å². The molecule has 2 rings (SSSR count). The van der Waals surface area contributed by atoms with Crippen LogP contribution in [0.5, 0.6) is 0 Å². The molecule has 4 nitrogen and oxygen atoms in total. The third-order valence-corrected chi connectivity index (χ3v) is 4.00. The molecule has 1 aliphatic carbocycles. The molecule has 4 heteroatoms. The van der Waals surface area contributed by atoms with E-state index in [4.69, 9.17) is 14.7 Å². The molecule has 20 heavy (non-hydrogen) atoms. The summed E-state index contributed by atoms with van der Waals surface area (Å²) in [6.45, 7) is 10.1. The zero-order valence-electron chi connectivity index (χ0n) is 13.4. The fraction of sp³-hybridized carbons (Fsp3) is 0.750. The maximum absolute atomic E-state index is 5.87. The van der Waals surface area contributed by atoms with Crippen LogP contribution in [0.4, 0.5) is 0 Å². The van der Waals surface area contributed by atoms with Crippen molar-refractivity contribution in [2.75, 3.05) is 20.2 Å². The number of likely N-dealkylation sites (N-methyl/N-ethyl adjacent to an activating group) is 1. The van der Waals surface area contributed by atoms with E-state index < -0.39 is 0 Å². The van der Waals surface area contributed by atoms with E-state index in [9.17, 15) is 0 Å². The number of hydrogen-bond donors (Lipinski definition) is 1. The van der Waals surface area contributed by atoms with E-state index >= 15 is 0 Å². The lowest BCUT2D eigenvalue weighted by Crippen LogP contribution is -2.19. The van der Waals surface area contributed by atoms with Crippen molar-refractivity contribution < 1.29 is 4.74 Å². The molecule has 0 saturated heterocycles. The van der Waals surface area contributed by atoms with Crippen LogP contribution >= 0.6 is 0 Å². The average molecular weight is 277 g/mol. The van der Waals surface area contributed by atoms with Crippen LogP contribution in [0.15, 0.2) is 0 Å². The van der Waals surface area contributed by atoms with Crippen molar-refractivity contribution in [3.63, 3.8) is 0 Å². The van der Waals surface area contributed by atoms with Gasteiger partial charge in [0, 0.05) is 24.5 Å². The highest BCUT2D eigenvalue weighted by Gasteiger charge is 2.35. The fourth-order valence-corrected chi connectivity index (χ4v) is 3.00. The molecule has 1 fully saturated rings. The number of nitrogens with one attached hydrogen (secondary N) is 1. The summed E-state index contributed by atoms with van der Waals surface area (Å²) in [5, 5.41) is 3.23. The quantitative estimate of drug-likeness (QED) is 0.832. The maximum atomic E-state index is 5.87. The molecule has 0 amide bonds. The van der Waals surface area contributed by atoms with Gasteiger partial charge in [-0.05, 0) is 58.1 Å². The Morgan fingerprint density at radius 3 is 2.30 bits per heavy atom. The Morgan fingerprint density at radius 2 is 1.85 bits per heavy atom. The molecule has 0 spiro atoms. The fourth-order valence-electron chi connectivity index (χ4n) is 3.00. The molecule has 0 bridgehead atoms. The molecule has 1 aromatic heterocycles. The average Bonchev–Trinajstić information content (AvgIpc) is 3.19. The molecular weight excluding hydrogens is 250 g/mol. The molecular formula is C16H27N3O. The third-order valence-electron chi connectivity index (χ3n) is 4.00. The predicted octanol–water partition coefficient (Wildman–Crippen LogP) is 2.90. The number of aryl methyl sites for hydroxylation is 2. The third kappa shape index (κ3) is 3.36. The van der Waals surface area contributed by atoms with Gasteiger partial charge in [0.05, 0.1) is 0 Å². The summed E-state index contributed by atoms with van der Waals surface area (Å²) in [7, 11) is 1.98. The van der Waals surface area contributed by atoms with Gasteiger partial charge >= 0.3 is 0 Å². The molecule has 2 atom stereocenters. The normalized spacial score (nSPS) is 18.1. The zero-order valence-corrected chi connectivity index (χ0v) is 13.4. The summed E-state index contributed by atoms with van der Waals surface area (Å²) in [6, 6.07) is 0. The lowest BCUT2D eigenvalue weighted by atomic mass is 9.97. The van der Waals surface area contributed by atoms with Crippen molar-refractivity contribution in [1.82, 2.24) is 15.3 Å². The first-order valence-corrected chi connectivity index (χ1v) is 7.69. The molecule has 0 aliphatic heterocycles. The minimum atomic E-state index is 0.0889. The van der Waals surface area contributed by atoms with Crippen LogP contribution in [0, 0.1) is 19.8 Å². The summed E-state index contributed by atoms with van der Waals surface area (Å²) in [6.07, 6.45) is 2.57. The van der Waals surface area contributed by atoms with Crippen LogP contribution in [-0.2, 0) is 4.74 Å². The van der Waals surface area contributed by atoms with Crippen molar-refractivity contribution in [2.24, 2.45) is 5.92 Å². The molecule has 1 aliphatic rings. The number of ether oxygens (including phenoxy) is 1. The van der Waals surface area contributed by atoms with Crippen LogP contribution in [0.2, 0.25) is 0 Å². The summed E-state index contributed by atoms with van der Waals surface area (Å²) < 4.78 is 5.87. The number of rotatable bonds is 7. The second-order valence-electron chi connectivity index (χ2n) is 5.84. The van der Waals surface area contributed by atoms with Gasteiger partial charge in [0.2, 0.25) is 0 Å². The summed E-state index contributed by atoms with van der Waals surface area (Å²) in [5.74, 6) is 1.93. The van der Waals surface area contributed by atoms with Crippen molar-refractivity contribution in [1.29, 1.82) is 0 Å². The van der Waals surface area contributed by atoms with Gasteiger partial charge in [-0.1, -0.05) is 6.92 Å². The van der Waals surface area contributed by atoms with Crippen molar-refractivity contribution >= 4 is 0 Å². The van der Waals surface area contributed by atoms with E-state index in [1.165, 1.54) is 18.4 Å². The lowest BCUT2D eigenvalue weighted by Gasteiger charge is -2.20. The van der Waals surface area contributed by atoms with E-state index in [1.807, 2.05) is 14.0 Å². The summed E-state index contributed by atoms with van der Waals surface area (Å²) in [5.41, 5.74) is 3.47. The largest absolute Gasteiger partial charge is 0.370 e. The van der Waals surface area contributed by atoms with Gasteiger partial charge in [-0.15, -0.1) is 0 Å². The van der Waals surface area contributed by atoms with E-state index in [1.54, 1.807) is 0 Å². The van der Waals surface area contributed by atoms with Crippen LogP contribution in [0.3, 0.4) is 0 Å². The highest BCUT2D eigenvalue weighted by molar-refractivity contribution is 5.29. The van der Waals surface area contributed by atoms with E-state index in [-0.39, 0.29) is 6.10 Å². The lowest BCUT2D eigenvalue weighted by molar-refractivity contribution is 0.0397. The van der Waals surface area contributed by atoms with Gasteiger partial charge in [-0.25, -0.2) is 9.97 Å². The summed E-state index contributed by atoms with van der Waals surface area (Å²) in [4.78, 5) is 9.51. The number of nitrogens with zero attached hydrogens (tertiary/aromatic N) is 2. The number of aromatic nitrogens is 2. The molecule has 0 aromatic carbocycles. The monoisotopic (exact) mass is 277 g/mol. The van der Waals surface area contributed by atoms with E-state index in [2.05, 4.69) is 26.1 Å². The molecule has 2 unspecified atom stereocenters. The predicted molar refractivity (Wildman–Crippen MR) is 80.9 cm³/mol. The number of hydrogen-bond acceptors (Lipinski definition) is 4. The Morgan fingerprint density at radius 1 is 1.25 bits per heavy atom. The van der Waals surface area contributed by atoms with E-state index in [0.717, 1.165) is 30.4 Å². The Kier molecular flexibility index (Phi) is 5.11. The minimum Gasteiger partial charge on any atom is -0.370 e. The van der Waals surface area contributed by atoms with Crippen molar-refractivity contribution in [3.8, 4) is 0 Å². The molecule has 1 N–H and O–H groups in total. The molecule has 1 saturated carbocycles. The molecule has 1 aromatic rings. The second kappa shape index (κ2) is 6.64. The zero-order chi connectivity index (χ0) is 14.7. The van der Waals surface area contributed by atoms with Crippen LogP contribution in [-0.4, -0.2) is 30.2 Å². The highest BCUT2D eigenvalue weighted by atomic mass is 16.5. The van der Waals surface area contributed by atoms with Crippen LogP contribution in [0.1, 0.15) is 61.5 Å². The van der Waals surface area contributed by atoms with Gasteiger partial charge in [0.1, 0.15) is 6.10 Å². The second-order valence-corrected chi connectivity index (χ2v) is 5.84. The Labute approximate surface area is 122 Å². The Bertz CT molecular complexity index is 434. The van der Waals surface area contributed by atoms with Crippen LogP contribution in [0.25, 0.3) is 0 Å². The van der Waals surface area contributed by atoms with Crippen molar-refractivity contribution in [2.45, 2.75) is 52.6 Å². The first-order chi connectivity index (χ1) is 9.58. The topological polar surface area (TPSA) is 47.0 Å². The minimum absolute atomic E-state index is 0.0889. The Balaban J connectivity index is 2.28. The maximum Gasteiger partial charge on any atom is 0.157 e. The smallest absolute Gasteiger partial charge is 0.157 e. The Hall–Kier alpha value is -1.00. The van der Waals surface area contributed by atoms with Gasteiger partial charge < -0.3 is 10.1 Å². The summed E-state index contributed by atoms with van der Waals surface area (Å²) >= 11 is 0. The van der Waals surface area contributed by atoms with Gasteiger partial charge in [0.25, 0.3) is 0 Å². The van der Waals surface area contributed by atoms with Crippen LogP contribution < -0.4 is 5.32 Å². The van der Waals surface area contributed by atoms with Gasteiger partial charge in [0.15, 0.2) is 5.82 Å². The van der Waals surface area contributed by atoms with Gasteiger partial charge in [-0.3, -0.25) is 0 Å². The highest BCUT2D eigenvalue weighted by Crippen LogP contribution is 2.42. The molecule has 112 valence electrons. The molecule has 1 heterocycles. The SMILES string of the molecule is CCOC(c1nc(C)c(C(C)CNC)c(C)n1)C1CC1.